The highest BCUT2D eigenvalue weighted by molar-refractivity contribution is 6.04. The van der Waals surface area contributed by atoms with E-state index in [1.54, 1.807) is 68.7 Å². The molecule has 27 heavy (non-hydrogen) atoms. The van der Waals surface area contributed by atoms with Crippen molar-refractivity contribution in [2.45, 2.75) is 6.92 Å². The molecule has 0 atom stereocenters. The van der Waals surface area contributed by atoms with Crippen molar-refractivity contribution in [3.8, 4) is 11.3 Å². The molecule has 0 fully saturated rings. The normalized spacial score (nSPS) is 10.3. The van der Waals surface area contributed by atoms with Crippen LogP contribution in [0, 0.1) is 0 Å². The predicted octanol–water partition coefficient (Wildman–Crippen LogP) is 4.19. The standard InChI is InChI=1S/C20H19N3O4/c1-3-26-20(25)23(2)17-10-8-16(9-11-17)22-19(24)15-6-4-14(5-7-15)18-12-21-13-27-18/h4-13H,3H2,1-2H3,(H,22,24). The lowest BCUT2D eigenvalue weighted by molar-refractivity contribution is 0.102. The summed E-state index contributed by atoms with van der Waals surface area (Å²) in [6.07, 6.45) is 2.55. The lowest BCUT2D eigenvalue weighted by Crippen LogP contribution is -2.26. The summed E-state index contributed by atoms with van der Waals surface area (Å²) >= 11 is 0. The highest BCUT2D eigenvalue weighted by atomic mass is 16.6. The molecule has 7 heteroatoms. The van der Waals surface area contributed by atoms with E-state index in [0.29, 0.717) is 29.3 Å². The monoisotopic (exact) mass is 365 g/mol. The second-order valence-electron chi connectivity index (χ2n) is 5.70. The minimum Gasteiger partial charge on any atom is -0.449 e. The maximum absolute atomic E-state index is 12.4. The number of aromatic nitrogens is 1. The van der Waals surface area contributed by atoms with Crippen LogP contribution >= 0.6 is 0 Å². The largest absolute Gasteiger partial charge is 0.449 e. The van der Waals surface area contributed by atoms with Crippen molar-refractivity contribution in [1.82, 2.24) is 4.98 Å². The van der Waals surface area contributed by atoms with E-state index in [-0.39, 0.29) is 5.91 Å². The molecular formula is C20H19N3O4. The Morgan fingerprint density at radius 3 is 2.41 bits per heavy atom. The molecule has 2 aromatic carbocycles. The fourth-order valence-corrected chi connectivity index (χ4v) is 2.44. The number of nitrogens with zero attached hydrogens (tertiary/aromatic N) is 2. The molecule has 0 saturated carbocycles. The van der Waals surface area contributed by atoms with E-state index in [1.165, 1.54) is 11.3 Å². The average Bonchev–Trinajstić information content (AvgIpc) is 3.23. The molecule has 3 rings (SSSR count). The van der Waals surface area contributed by atoms with Crippen molar-refractivity contribution in [1.29, 1.82) is 0 Å². The van der Waals surface area contributed by atoms with Crippen LogP contribution in [0.1, 0.15) is 17.3 Å². The van der Waals surface area contributed by atoms with Gasteiger partial charge in [-0.3, -0.25) is 9.69 Å². The number of anilines is 2. The van der Waals surface area contributed by atoms with Crippen molar-refractivity contribution in [2.24, 2.45) is 0 Å². The number of carbonyl (C=O) groups is 2. The lowest BCUT2D eigenvalue weighted by atomic mass is 10.1. The van der Waals surface area contributed by atoms with Crippen LogP contribution in [0.25, 0.3) is 11.3 Å². The highest BCUT2D eigenvalue weighted by Crippen LogP contribution is 2.21. The number of carbonyl (C=O) groups excluding carboxylic acids is 2. The Labute approximate surface area is 156 Å². The molecule has 0 aliphatic rings. The van der Waals surface area contributed by atoms with Crippen molar-refractivity contribution >= 4 is 23.4 Å². The zero-order chi connectivity index (χ0) is 19.2. The number of benzene rings is 2. The fourth-order valence-electron chi connectivity index (χ4n) is 2.44. The first-order valence-corrected chi connectivity index (χ1v) is 8.39. The molecule has 0 spiro atoms. The maximum Gasteiger partial charge on any atom is 0.413 e. The van der Waals surface area contributed by atoms with Gasteiger partial charge in [0.25, 0.3) is 5.91 Å². The molecule has 0 aliphatic heterocycles. The van der Waals surface area contributed by atoms with E-state index in [1.807, 2.05) is 0 Å². The smallest absolute Gasteiger partial charge is 0.413 e. The van der Waals surface area contributed by atoms with E-state index in [9.17, 15) is 9.59 Å². The fraction of sp³-hybridized carbons (Fsp3) is 0.150. The van der Waals surface area contributed by atoms with Gasteiger partial charge in [-0.1, -0.05) is 12.1 Å². The molecule has 1 aromatic heterocycles. The third-order valence-corrected chi connectivity index (χ3v) is 3.92. The Morgan fingerprint density at radius 1 is 1.11 bits per heavy atom. The Bertz CT molecular complexity index is 903. The summed E-state index contributed by atoms with van der Waals surface area (Å²) in [5, 5.41) is 2.82. The molecule has 0 bridgehead atoms. The summed E-state index contributed by atoms with van der Waals surface area (Å²) in [4.78, 5) is 29.4. The maximum atomic E-state index is 12.4. The van der Waals surface area contributed by atoms with Crippen LogP contribution in [-0.2, 0) is 4.74 Å². The van der Waals surface area contributed by atoms with Crippen molar-refractivity contribution < 1.29 is 18.7 Å². The minimum absolute atomic E-state index is 0.231. The van der Waals surface area contributed by atoms with Crippen LogP contribution in [0.2, 0.25) is 0 Å². The molecule has 0 unspecified atom stereocenters. The molecule has 3 aromatic rings. The molecule has 0 saturated heterocycles. The SMILES string of the molecule is CCOC(=O)N(C)c1ccc(NC(=O)c2ccc(-c3cnco3)cc2)cc1. The lowest BCUT2D eigenvalue weighted by Gasteiger charge is -2.17. The first-order chi connectivity index (χ1) is 13.1. The summed E-state index contributed by atoms with van der Waals surface area (Å²) in [6.45, 7) is 2.06. The van der Waals surface area contributed by atoms with E-state index in [2.05, 4.69) is 10.3 Å². The average molecular weight is 365 g/mol. The molecule has 7 nitrogen and oxygen atoms in total. The van der Waals surface area contributed by atoms with Crippen molar-refractivity contribution in [3.63, 3.8) is 0 Å². The van der Waals surface area contributed by atoms with Gasteiger partial charge in [0.1, 0.15) is 0 Å². The summed E-state index contributed by atoms with van der Waals surface area (Å²) in [5.41, 5.74) is 2.66. The van der Waals surface area contributed by atoms with Gasteiger partial charge in [-0.15, -0.1) is 0 Å². The Balaban J connectivity index is 1.64. The van der Waals surface area contributed by atoms with E-state index >= 15 is 0 Å². The van der Waals surface area contributed by atoms with Crippen LogP contribution in [0.4, 0.5) is 16.2 Å². The molecular weight excluding hydrogens is 346 g/mol. The van der Waals surface area contributed by atoms with Crippen LogP contribution in [0.15, 0.2) is 65.5 Å². The molecule has 1 N–H and O–H groups in total. The van der Waals surface area contributed by atoms with Gasteiger partial charge in [0.2, 0.25) is 0 Å². The van der Waals surface area contributed by atoms with Gasteiger partial charge in [-0.25, -0.2) is 9.78 Å². The molecule has 1 heterocycles. The van der Waals surface area contributed by atoms with Gasteiger partial charge < -0.3 is 14.5 Å². The molecule has 138 valence electrons. The number of hydrogen-bond donors (Lipinski definition) is 1. The summed E-state index contributed by atoms with van der Waals surface area (Å²) < 4.78 is 10.2. The zero-order valence-electron chi connectivity index (χ0n) is 15.0. The zero-order valence-corrected chi connectivity index (χ0v) is 15.0. The topological polar surface area (TPSA) is 84.7 Å². The number of hydrogen-bond acceptors (Lipinski definition) is 5. The summed E-state index contributed by atoms with van der Waals surface area (Å²) in [6, 6.07) is 14.0. The Kier molecular flexibility index (Phi) is 5.51. The predicted molar refractivity (Wildman–Crippen MR) is 102 cm³/mol. The van der Waals surface area contributed by atoms with Crippen LogP contribution in [0.3, 0.4) is 0 Å². The summed E-state index contributed by atoms with van der Waals surface area (Å²) in [5.74, 6) is 0.411. The Morgan fingerprint density at radius 2 is 1.81 bits per heavy atom. The molecule has 0 radical (unpaired) electrons. The number of oxazole rings is 1. The molecule has 2 amide bonds. The highest BCUT2D eigenvalue weighted by Gasteiger charge is 2.12. The van der Waals surface area contributed by atoms with Gasteiger partial charge in [0.15, 0.2) is 12.2 Å². The summed E-state index contributed by atoms with van der Waals surface area (Å²) in [7, 11) is 1.63. The van der Waals surface area contributed by atoms with Crippen LogP contribution < -0.4 is 10.2 Å². The number of rotatable bonds is 5. The van der Waals surface area contributed by atoms with Gasteiger partial charge in [0, 0.05) is 29.5 Å². The van der Waals surface area contributed by atoms with E-state index < -0.39 is 6.09 Å². The van der Waals surface area contributed by atoms with E-state index in [0.717, 1.165) is 5.56 Å². The third kappa shape index (κ3) is 4.33. The quantitative estimate of drug-likeness (QED) is 0.733. The van der Waals surface area contributed by atoms with Crippen molar-refractivity contribution in [3.05, 3.63) is 66.7 Å². The molecule has 0 aliphatic carbocycles. The van der Waals surface area contributed by atoms with E-state index in [4.69, 9.17) is 9.15 Å². The van der Waals surface area contributed by atoms with Crippen molar-refractivity contribution in [2.75, 3.05) is 23.9 Å². The van der Waals surface area contributed by atoms with Gasteiger partial charge in [-0.2, -0.15) is 0 Å². The van der Waals surface area contributed by atoms with Gasteiger partial charge in [-0.05, 0) is 43.3 Å². The second kappa shape index (κ2) is 8.18. The third-order valence-electron chi connectivity index (χ3n) is 3.92. The first kappa shape index (κ1) is 18.2. The van der Waals surface area contributed by atoms with Crippen LogP contribution in [0.5, 0.6) is 0 Å². The number of amides is 2. The minimum atomic E-state index is -0.430. The number of nitrogens with one attached hydrogen (secondary N) is 1. The number of ether oxygens (including phenoxy) is 1. The van der Waals surface area contributed by atoms with Gasteiger partial charge >= 0.3 is 6.09 Å². The first-order valence-electron chi connectivity index (χ1n) is 8.39. The van der Waals surface area contributed by atoms with Crippen LogP contribution in [-0.4, -0.2) is 30.6 Å². The van der Waals surface area contributed by atoms with Gasteiger partial charge in [0.05, 0.1) is 12.8 Å². The second-order valence-corrected chi connectivity index (χ2v) is 5.70. The Hall–Kier alpha value is -3.61.